The molecule has 1 aromatic rings. The van der Waals surface area contributed by atoms with Gasteiger partial charge in [-0.25, -0.2) is 13.4 Å². The van der Waals surface area contributed by atoms with E-state index in [2.05, 4.69) is 10.3 Å². The van der Waals surface area contributed by atoms with Gasteiger partial charge in [0.15, 0.2) is 14.9 Å². The van der Waals surface area contributed by atoms with Gasteiger partial charge in [0.25, 0.3) is 0 Å². The van der Waals surface area contributed by atoms with Gasteiger partial charge in [0.2, 0.25) is 0 Å². The van der Waals surface area contributed by atoms with E-state index in [1.165, 1.54) is 0 Å². The fourth-order valence-electron chi connectivity index (χ4n) is 1.73. The van der Waals surface area contributed by atoms with Crippen LogP contribution in [0.25, 0.3) is 0 Å². The minimum absolute atomic E-state index is 0.205. The number of aromatic nitrogens is 1. The molecule has 2 heterocycles. The first kappa shape index (κ1) is 10.6. The first-order valence-corrected chi connectivity index (χ1v) is 6.52. The molecule has 1 aromatic heterocycles. The van der Waals surface area contributed by atoms with E-state index < -0.39 is 9.84 Å². The Bertz CT molecular complexity index is 450. The van der Waals surface area contributed by atoms with Crippen molar-refractivity contribution in [3.05, 3.63) is 23.9 Å². The van der Waals surface area contributed by atoms with Gasteiger partial charge in [-0.3, -0.25) is 0 Å². The summed E-state index contributed by atoms with van der Waals surface area (Å²) in [6, 6.07) is 3.43. The van der Waals surface area contributed by atoms with E-state index in [1.54, 1.807) is 18.3 Å². The van der Waals surface area contributed by atoms with E-state index >= 15 is 0 Å². The summed E-state index contributed by atoms with van der Waals surface area (Å²) in [4.78, 5) is 3.94. The van der Waals surface area contributed by atoms with E-state index in [-0.39, 0.29) is 10.3 Å². The van der Waals surface area contributed by atoms with Crippen LogP contribution in [0.5, 0.6) is 0 Å². The second-order valence-electron chi connectivity index (χ2n) is 3.83. The van der Waals surface area contributed by atoms with Gasteiger partial charge in [-0.1, -0.05) is 0 Å². The normalized spacial score (nSPS) is 21.8. The van der Waals surface area contributed by atoms with Crippen LogP contribution in [0.1, 0.15) is 12.0 Å². The molecule has 0 radical (unpaired) electrons. The Morgan fingerprint density at radius 2 is 2.33 bits per heavy atom. The predicted molar refractivity (Wildman–Crippen MR) is 57.4 cm³/mol. The average molecular weight is 226 g/mol. The van der Waals surface area contributed by atoms with Crippen LogP contribution in [0, 0.1) is 6.92 Å². The second kappa shape index (κ2) is 3.90. The van der Waals surface area contributed by atoms with Crippen LogP contribution >= 0.6 is 0 Å². The van der Waals surface area contributed by atoms with Gasteiger partial charge in [0.1, 0.15) is 0 Å². The number of hydrogen-bond acceptors (Lipinski definition) is 4. The standard InChI is InChI=1S/C10H14N2O2S/c1-8-2-5-12-10(6-8)15(13,14)9-3-4-11-7-9/h2,5-6,9,11H,3-4,7H2,1H3/t9-/m0/s1. The molecule has 0 spiro atoms. The lowest BCUT2D eigenvalue weighted by Crippen LogP contribution is -2.24. The van der Waals surface area contributed by atoms with Crippen LogP contribution in [-0.4, -0.2) is 31.7 Å². The van der Waals surface area contributed by atoms with Crippen LogP contribution in [0.3, 0.4) is 0 Å². The number of pyridine rings is 1. The van der Waals surface area contributed by atoms with E-state index in [0.717, 1.165) is 12.1 Å². The summed E-state index contributed by atoms with van der Waals surface area (Å²) in [6.45, 7) is 3.18. The molecule has 1 aliphatic heterocycles. The molecule has 2 rings (SSSR count). The quantitative estimate of drug-likeness (QED) is 0.799. The number of aryl methyl sites for hydroxylation is 1. The summed E-state index contributed by atoms with van der Waals surface area (Å²) in [5.74, 6) is 0. The fourth-order valence-corrected chi connectivity index (χ4v) is 3.39. The summed E-state index contributed by atoms with van der Waals surface area (Å²) in [5.41, 5.74) is 0.925. The van der Waals surface area contributed by atoms with E-state index in [4.69, 9.17) is 0 Å². The number of sulfone groups is 1. The van der Waals surface area contributed by atoms with Crippen molar-refractivity contribution in [3.63, 3.8) is 0 Å². The zero-order chi connectivity index (χ0) is 10.9. The first-order valence-electron chi connectivity index (χ1n) is 4.98. The van der Waals surface area contributed by atoms with Gasteiger partial charge >= 0.3 is 0 Å². The largest absolute Gasteiger partial charge is 0.315 e. The predicted octanol–water partition coefficient (Wildman–Crippen LogP) is 0.526. The number of nitrogens with zero attached hydrogens (tertiary/aromatic N) is 1. The van der Waals surface area contributed by atoms with E-state index in [9.17, 15) is 8.42 Å². The molecule has 0 unspecified atom stereocenters. The molecule has 1 saturated heterocycles. The van der Waals surface area contributed by atoms with Crippen molar-refractivity contribution in [2.45, 2.75) is 23.6 Å². The fraction of sp³-hybridized carbons (Fsp3) is 0.500. The monoisotopic (exact) mass is 226 g/mol. The van der Waals surface area contributed by atoms with Gasteiger partial charge in [0, 0.05) is 12.7 Å². The summed E-state index contributed by atoms with van der Waals surface area (Å²) >= 11 is 0. The zero-order valence-electron chi connectivity index (χ0n) is 8.60. The van der Waals surface area contributed by atoms with Gasteiger partial charge in [0.05, 0.1) is 5.25 Å². The lowest BCUT2D eigenvalue weighted by Gasteiger charge is -2.09. The molecule has 0 aliphatic carbocycles. The Balaban J connectivity index is 2.36. The molecule has 5 heteroatoms. The third-order valence-corrected chi connectivity index (χ3v) is 4.72. The maximum Gasteiger partial charge on any atom is 0.199 e. The highest BCUT2D eigenvalue weighted by Crippen LogP contribution is 2.18. The molecule has 4 nitrogen and oxygen atoms in total. The van der Waals surface area contributed by atoms with Crippen LogP contribution in [0.2, 0.25) is 0 Å². The number of nitrogens with one attached hydrogen (secondary N) is 1. The Hall–Kier alpha value is -0.940. The molecule has 0 bridgehead atoms. The van der Waals surface area contributed by atoms with Crippen molar-refractivity contribution in [3.8, 4) is 0 Å². The van der Waals surface area contributed by atoms with Gasteiger partial charge in [-0.05, 0) is 37.6 Å². The van der Waals surface area contributed by atoms with Crippen LogP contribution in [0.15, 0.2) is 23.4 Å². The first-order chi connectivity index (χ1) is 7.10. The maximum absolute atomic E-state index is 12.1. The lowest BCUT2D eigenvalue weighted by atomic mass is 10.3. The third-order valence-electron chi connectivity index (χ3n) is 2.64. The average Bonchev–Trinajstić information content (AvgIpc) is 2.71. The molecule has 15 heavy (non-hydrogen) atoms. The molecule has 1 aliphatic rings. The highest BCUT2D eigenvalue weighted by molar-refractivity contribution is 7.92. The van der Waals surface area contributed by atoms with Gasteiger partial charge < -0.3 is 5.32 Å². The van der Waals surface area contributed by atoms with Crippen molar-refractivity contribution in [2.75, 3.05) is 13.1 Å². The third kappa shape index (κ3) is 2.03. The van der Waals surface area contributed by atoms with E-state index in [0.29, 0.717) is 13.0 Å². The lowest BCUT2D eigenvalue weighted by molar-refractivity contribution is 0.579. The van der Waals surface area contributed by atoms with E-state index in [1.807, 2.05) is 6.92 Å². The Labute approximate surface area is 89.6 Å². The van der Waals surface area contributed by atoms with Crippen molar-refractivity contribution in [1.29, 1.82) is 0 Å². The smallest absolute Gasteiger partial charge is 0.199 e. The molecular weight excluding hydrogens is 212 g/mol. The molecule has 1 N–H and O–H groups in total. The Kier molecular flexibility index (Phi) is 2.75. The Morgan fingerprint density at radius 3 is 2.93 bits per heavy atom. The van der Waals surface area contributed by atoms with Crippen molar-refractivity contribution in [1.82, 2.24) is 10.3 Å². The molecule has 0 aromatic carbocycles. The van der Waals surface area contributed by atoms with Crippen molar-refractivity contribution >= 4 is 9.84 Å². The highest BCUT2D eigenvalue weighted by atomic mass is 32.2. The molecule has 1 atom stereocenters. The molecule has 0 amide bonds. The minimum Gasteiger partial charge on any atom is -0.315 e. The number of hydrogen-bond donors (Lipinski definition) is 1. The van der Waals surface area contributed by atoms with Crippen LogP contribution < -0.4 is 5.32 Å². The van der Waals surface area contributed by atoms with Crippen molar-refractivity contribution in [2.24, 2.45) is 0 Å². The SMILES string of the molecule is Cc1ccnc(S(=O)(=O)[C@H]2CCNC2)c1. The summed E-state index contributed by atoms with van der Waals surface area (Å²) < 4.78 is 24.2. The minimum atomic E-state index is -3.23. The van der Waals surface area contributed by atoms with Crippen molar-refractivity contribution < 1.29 is 8.42 Å². The summed E-state index contributed by atoms with van der Waals surface area (Å²) in [6.07, 6.45) is 2.22. The molecule has 1 fully saturated rings. The Morgan fingerprint density at radius 1 is 1.53 bits per heavy atom. The van der Waals surface area contributed by atoms with Crippen LogP contribution in [-0.2, 0) is 9.84 Å². The highest BCUT2D eigenvalue weighted by Gasteiger charge is 2.31. The van der Waals surface area contributed by atoms with Gasteiger partial charge in [-0.15, -0.1) is 0 Å². The zero-order valence-corrected chi connectivity index (χ0v) is 9.42. The maximum atomic E-state index is 12.1. The molecule has 0 saturated carbocycles. The molecular formula is C10H14N2O2S. The molecule has 82 valence electrons. The van der Waals surface area contributed by atoms with Gasteiger partial charge in [-0.2, -0.15) is 0 Å². The van der Waals surface area contributed by atoms with Crippen LogP contribution in [0.4, 0.5) is 0 Å². The topological polar surface area (TPSA) is 59.1 Å². The summed E-state index contributed by atoms with van der Waals surface area (Å²) in [7, 11) is -3.23. The number of rotatable bonds is 2. The summed E-state index contributed by atoms with van der Waals surface area (Å²) in [5, 5.41) is 2.95. The second-order valence-corrected chi connectivity index (χ2v) is 6.01.